The summed E-state index contributed by atoms with van der Waals surface area (Å²) in [7, 11) is 0. The van der Waals surface area contributed by atoms with Gasteiger partial charge in [0.1, 0.15) is 0 Å². The topological polar surface area (TPSA) is 53.5 Å². The Morgan fingerprint density at radius 2 is 0.780 bits per heavy atom. The van der Waals surface area contributed by atoms with Crippen molar-refractivity contribution in [1.82, 2.24) is 28.7 Å². The van der Waals surface area contributed by atoms with Crippen LogP contribution in [0.15, 0.2) is 206 Å². The lowest BCUT2D eigenvalue weighted by Crippen LogP contribution is -2.00. The van der Waals surface area contributed by atoms with Gasteiger partial charge in [0, 0.05) is 66.9 Å². The summed E-state index contributed by atoms with van der Waals surface area (Å²) in [6.45, 7) is 0. The van der Waals surface area contributed by atoms with Crippen LogP contribution in [-0.2, 0) is 0 Å². The van der Waals surface area contributed by atoms with Gasteiger partial charge in [-0.25, -0.2) is 15.0 Å². The third-order valence-electron chi connectivity index (χ3n) is 11.5. The zero-order chi connectivity index (χ0) is 38.9. The van der Waals surface area contributed by atoms with Crippen LogP contribution in [-0.4, -0.2) is 28.7 Å². The molecule has 0 aliphatic rings. The molecule has 0 aliphatic heterocycles. The standard InChI is InChI=1S/C53H34N6/c1-5-15-35(16-6-1)51-54-52(36-17-7-2-8-18-36)56-53(55-51)37-25-27-40(28-26-37)59-49-41(29-31-45-44(49)33-34-57(45)38-19-9-3-10-20-38)42-30-32-47-48(50(42)59)43-23-13-14-24-46(43)58(47)39-21-11-4-12-22-39/h1-34H. The first-order chi connectivity index (χ1) is 29.3. The first-order valence-electron chi connectivity index (χ1n) is 19.9. The Balaban J connectivity index is 1.13. The Labute approximate surface area is 339 Å². The molecular formula is C53H34N6. The number of aromatic nitrogens is 6. The van der Waals surface area contributed by atoms with E-state index in [1.165, 1.54) is 43.5 Å². The molecule has 0 radical (unpaired) electrons. The fourth-order valence-corrected chi connectivity index (χ4v) is 8.89. The molecule has 4 aromatic heterocycles. The Hall–Kier alpha value is -8.09. The van der Waals surface area contributed by atoms with Gasteiger partial charge in [0.25, 0.3) is 0 Å². The second-order valence-corrected chi connectivity index (χ2v) is 14.9. The van der Waals surface area contributed by atoms with Gasteiger partial charge in [-0.2, -0.15) is 0 Å². The fourth-order valence-electron chi connectivity index (χ4n) is 8.89. The smallest absolute Gasteiger partial charge is 0.164 e. The van der Waals surface area contributed by atoms with Crippen molar-refractivity contribution in [2.24, 2.45) is 0 Å². The minimum absolute atomic E-state index is 0.627. The molecule has 0 saturated carbocycles. The average Bonchev–Trinajstić information content (AvgIpc) is 4.00. The molecule has 4 heterocycles. The molecule has 12 aromatic rings. The first kappa shape index (κ1) is 33.1. The van der Waals surface area contributed by atoms with E-state index in [1.54, 1.807) is 0 Å². The maximum absolute atomic E-state index is 5.04. The number of hydrogen-bond donors (Lipinski definition) is 0. The number of para-hydroxylation sites is 3. The van der Waals surface area contributed by atoms with Crippen molar-refractivity contribution in [2.45, 2.75) is 0 Å². The Morgan fingerprint density at radius 1 is 0.288 bits per heavy atom. The first-order valence-corrected chi connectivity index (χ1v) is 19.9. The van der Waals surface area contributed by atoms with E-state index >= 15 is 0 Å². The van der Waals surface area contributed by atoms with Crippen molar-refractivity contribution in [3.63, 3.8) is 0 Å². The third-order valence-corrected chi connectivity index (χ3v) is 11.5. The molecule has 276 valence electrons. The van der Waals surface area contributed by atoms with E-state index in [9.17, 15) is 0 Å². The van der Waals surface area contributed by atoms with Gasteiger partial charge < -0.3 is 13.7 Å². The lowest BCUT2D eigenvalue weighted by molar-refractivity contribution is 1.07. The predicted octanol–water partition coefficient (Wildman–Crippen LogP) is 13.0. The highest BCUT2D eigenvalue weighted by molar-refractivity contribution is 6.28. The van der Waals surface area contributed by atoms with Gasteiger partial charge in [-0.1, -0.05) is 127 Å². The number of nitrogens with zero attached hydrogens (tertiary/aromatic N) is 6. The molecule has 0 fully saturated rings. The van der Waals surface area contributed by atoms with Crippen LogP contribution in [0.5, 0.6) is 0 Å². The number of rotatable bonds is 6. The van der Waals surface area contributed by atoms with Crippen molar-refractivity contribution >= 4 is 54.5 Å². The second-order valence-electron chi connectivity index (χ2n) is 14.9. The van der Waals surface area contributed by atoms with Crippen molar-refractivity contribution in [3.8, 4) is 51.2 Å². The Bertz CT molecular complexity index is 3450. The molecule has 6 nitrogen and oxygen atoms in total. The summed E-state index contributed by atoms with van der Waals surface area (Å²) in [5, 5.41) is 6.03. The SMILES string of the molecule is c1ccc(-c2nc(-c3ccccc3)nc(-c3ccc(-n4c5c(ccc6c5ccn6-c5ccccc5)c5ccc6c(c7ccccc7n6-c6ccccc6)c54)cc3)n2)cc1. The van der Waals surface area contributed by atoms with Crippen molar-refractivity contribution in [3.05, 3.63) is 206 Å². The van der Waals surface area contributed by atoms with Crippen LogP contribution < -0.4 is 0 Å². The predicted molar refractivity (Wildman–Crippen MR) is 242 cm³/mol. The maximum atomic E-state index is 5.04. The van der Waals surface area contributed by atoms with Gasteiger partial charge in [-0.15, -0.1) is 0 Å². The molecule has 59 heavy (non-hydrogen) atoms. The summed E-state index contributed by atoms with van der Waals surface area (Å²) in [6.07, 6.45) is 2.19. The largest absolute Gasteiger partial charge is 0.316 e. The molecule has 0 spiro atoms. The minimum Gasteiger partial charge on any atom is -0.316 e. The van der Waals surface area contributed by atoms with E-state index < -0.39 is 0 Å². The van der Waals surface area contributed by atoms with Crippen LogP contribution in [0.2, 0.25) is 0 Å². The highest BCUT2D eigenvalue weighted by Crippen LogP contribution is 2.44. The van der Waals surface area contributed by atoms with E-state index in [2.05, 4.69) is 159 Å². The fraction of sp³-hybridized carbons (Fsp3) is 0. The van der Waals surface area contributed by atoms with Crippen molar-refractivity contribution in [1.29, 1.82) is 0 Å². The van der Waals surface area contributed by atoms with Crippen LogP contribution in [0.1, 0.15) is 0 Å². The van der Waals surface area contributed by atoms with Gasteiger partial charge in [0.15, 0.2) is 17.5 Å². The van der Waals surface area contributed by atoms with Crippen LogP contribution >= 0.6 is 0 Å². The molecule has 0 atom stereocenters. The van der Waals surface area contributed by atoms with Gasteiger partial charge in [-0.05, 0) is 72.8 Å². The maximum Gasteiger partial charge on any atom is 0.164 e. The Morgan fingerprint density at radius 3 is 1.41 bits per heavy atom. The van der Waals surface area contributed by atoms with E-state index in [0.717, 1.165) is 44.8 Å². The molecule has 12 rings (SSSR count). The molecule has 0 saturated heterocycles. The van der Waals surface area contributed by atoms with Crippen LogP contribution in [0.25, 0.3) is 106 Å². The molecular weight excluding hydrogens is 721 g/mol. The zero-order valence-electron chi connectivity index (χ0n) is 31.8. The summed E-state index contributed by atoms with van der Waals surface area (Å²) >= 11 is 0. The minimum atomic E-state index is 0.627. The van der Waals surface area contributed by atoms with Crippen LogP contribution in [0.3, 0.4) is 0 Å². The zero-order valence-corrected chi connectivity index (χ0v) is 31.8. The molecule has 0 N–H and O–H groups in total. The van der Waals surface area contributed by atoms with E-state index in [4.69, 9.17) is 15.0 Å². The summed E-state index contributed by atoms with van der Waals surface area (Å²) in [5.74, 6) is 1.91. The van der Waals surface area contributed by atoms with Gasteiger partial charge in [0.05, 0.1) is 27.6 Å². The van der Waals surface area contributed by atoms with Crippen molar-refractivity contribution < 1.29 is 0 Å². The summed E-state index contributed by atoms with van der Waals surface area (Å²) in [4.78, 5) is 15.0. The van der Waals surface area contributed by atoms with E-state index in [1.807, 2.05) is 60.7 Å². The van der Waals surface area contributed by atoms with Gasteiger partial charge >= 0.3 is 0 Å². The molecule has 0 aliphatic carbocycles. The molecule has 8 aromatic carbocycles. The Kier molecular flexibility index (Phi) is 7.43. The molecule has 0 unspecified atom stereocenters. The van der Waals surface area contributed by atoms with Gasteiger partial charge in [-0.3, -0.25) is 0 Å². The normalized spacial score (nSPS) is 11.7. The lowest BCUT2D eigenvalue weighted by Gasteiger charge is -2.12. The highest BCUT2D eigenvalue weighted by Gasteiger charge is 2.23. The number of hydrogen-bond acceptors (Lipinski definition) is 3. The second kappa shape index (κ2) is 13.3. The van der Waals surface area contributed by atoms with E-state index in [0.29, 0.717) is 17.5 Å². The summed E-state index contributed by atoms with van der Waals surface area (Å²) < 4.78 is 7.16. The summed E-state index contributed by atoms with van der Waals surface area (Å²) in [5.41, 5.74) is 12.0. The summed E-state index contributed by atoms with van der Waals surface area (Å²) in [6, 6.07) is 70.4. The van der Waals surface area contributed by atoms with E-state index in [-0.39, 0.29) is 0 Å². The monoisotopic (exact) mass is 754 g/mol. The van der Waals surface area contributed by atoms with Gasteiger partial charge in [0.2, 0.25) is 0 Å². The average molecular weight is 755 g/mol. The van der Waals surface area contributed by atoms with Crippen LogP contribution in [0.4, 0.5) is 0 Å². The highest BCUT2D eigenvalue weighted by atomic mass is 15.0. The quantitative estimate of drug-likeness (QED) is 0.170. The van der Waals surface area contributed by atoms with Crippen LogP contribution in [0, 0.1) is 0 Å². The third kappa shape index (κ3) is 5.24. The number of benzene rings is 8. The molecule has 0 amide bonds. The number of fused-ring (bicyclic) bond motifs is 9. The molecule has 0 bridgehead atoms. The lowest BCUT2D eigenvalue weighted by atomic mass is 10.1. The molecule has 6 heteroatoms. The van der Waals surface area contributed by atoms with Crippen molar-refractivity contribution in [2.75, 3.05) is 0 Å².